The molecule has 0 bridgehead atoms. The van der Waals surface area contributed by atoms with Crippen molar-refractivity contribution in [2.24, 2.45) is 5.41 Å². The third-order valence-corrected chi connectivity index (χ3v) is 4.97. The number of carbonyl (C=O) groups is 2. The van der Waals surface area contributed by atoms with Crippen molar-refractivity contribution in [1.29, 1.82) is 0 Å². The van der Waals surface area contributed by atoms with E-state index in [9.17, 15) is 9.59 Å². The van der Waals surface area contributed by atoms with Gasteiger partial charge in [-0.2, -0.15) is 0 Å². The number of hydrogen-bond acceptors (Lipinski definition) is 3. The molecular weight excluding hydrogens is 320 g/mol. The lowest BCUT2D eigenvalue weighted by Crippen LogP contribution is -2.35. The van der Waals surface area contributed by atoms with Crippen LogP contribution in [0.15, 0.2) is 35.7 Å². The molecule has 0 unspecified atom stereocenters. The van der Waals surface area contributed by atoms with Gasteiger partial charge in [0.15, 0.2) is 0 Å². The van der Waals surface area contributed by atoms with Gasteiger partial charge in [0, 0.05) is 23.3 Å². The molecule has 5 heteroatoms. The monoisotopic (exact) mass is 342 g/mol. The van der Waals surface area contributed by atoms with Crippen LogP contribution in [0.3, 0.4) is 0 Å². The molecule has 2 aromatic rings. The van der Waals surface area contributed by atoms with Gasteiger partial charge in [-0.1, -0.05) is 26.8 Å². The van der Waals surface area contributed by atoms with Gasteiger partial charge in [0.25, 0.3) is 5.91 Å². The summed E-state index contributed by atoms with van der Waals surface area (Å²) in [7, 11) is 0. The van der Waals surface area contributed by atoms with Gasteiger partial charge < -0.3 is 10.2 Å². The lowest BCUT2D eigenvalue weighted by molar-refractivity contribution is -0.123. The number of aryl methyl sites for hydroxylation is 1. The molecule has 0 fully saturated rings. The zero-order valence-electron chi connectivity index (χ0n) is 14.3. The van der Waals surface area contributed by atoms with E-state index < -0.39 is 5.41 Å². The first kappa shape index (κ1) is 16.7. The van der Waals surface area contributed by atoms with Gasteiger partial charge in [-0.05, 0) is 48.1 Å². The van der Waals surface area contributed by atoms with Crippen LogP contribution in [0.4, 0.5) is 11.4 Å². The SMILES string of the molecule is CC(C)(C)C(=O)Nc1ccc2c(c1)CCCN2C(=O)c1cccs1. The van der Waals surface area contributed by atoms with Crippen LogP contribution in [0, 0.1) is 5.41 Å². The van der Waals surface area contributed by atoms with Crippen LogP contribution >= 0.6 is 11.3 Å². The molecule has 1 aliphatic heterocycles. The van der Waals surface area contributed by atoms with E-state index in [0.29, 0.717) is 0 Å². The maximum atomic E-state index is 12.7. The van der Waals surface area contributed by atoms with Crippen LogP contribution < -0.4 is 10.2 Å². The number of fused-ring (bicyclic) bond motifs is 1. The molecule has 126 valence electrons. The summed E-state index contributed by atoms with van der Waals surface area (Å²) in [5.41, 5.74) is 2.42. The van der Waals surface area contributed by atoms with E-state index >= 15 is 0 Å². The first-order valence-corrected chi connectivity index (χ1v) is 9.04. The Hall–Kier alpha value is -2.14. The lowest BCUT2D eigenvalue weighted by Gasteiger charge is -2.30. The van der Waals surface area contributed by atoms with Crippen molar-refractivity contribution in [2.75, 3.05) is 16.8 Å². The number of thiophene rings is 1. The molecule has 1 aliphatic rings. The van der Waals surface area contributed by atoms with Gasteiger partial charge in [-0.3, -0.25) is 9.59 Å². The highest BCUT2D eigenvalue weighted by Gasteiger charge is 2.25. The highest BCUT2D eigenvalue weighted by molar-refractivity contribution is 7.12. The molecule has 0 atom stereocenters. The first-order chi connectivity index (χ1) is 11.4. The van der Waals surface area contributed by atoms with Crippen LogP contribution in [0.1, 0.15) is 42.4 Å². The van der Waals surface area contributed by atoms with Crippen molar-refractivity contribution in [1.82, 2.24) is 0 Å². The molecule has 2 heterocycles. The summed E-state index contributed by atoms with van der Waals surface area (Å²) in [6.45, 7) is 6.41. The molecule has 2 amide bonds. The minimum absolute atomic E-state index is 0.00947. The molecule has 0 saturated carbocycles. The average molecular weight is 342 g/mol. The minimum Gasteiger partial charge on any atom is -0.326 e. The average Bonchev–Trinajstić information content (AvgIpc) is 3.07. The quantitative estimate of drug-likeness (QED) is 0.883. The Morgan fingerprint density at radius 3 is 2.67 bits per heavy atom. The molecule has 4 nitrogen and oxygen atoms in total. The molecule has 0 radical (unpaired) electrons. The van der Waals surface area contributed by atoms with Gasteiger partial charge in [-0.15, -0.1) is 11.3 Å². The summed E-state index contributed by atoms with van der Waals surface area (Å²) in [6.07, 6.45) is 1.85. The number of carbonyl (C=O) groups excluding carboxylic acids is 2. The van der Waals surface area contributed by atoms with E-state index in [-0.39, 0.29) is 11.8 Å². The maximum absolute atomic E-state index is 12.7. The molecule has 1 N–H and O–H groups in total. The Morgan fingerprint density at radius 1 is 1.21 bits per heavy atom. The lowest BCUT2D eigenvalue weighted by atomic mass is 9.95. The first-order valence-electron chi connectivity index (χ1n) is 8.16. The van der Waals surface area contributed by atoms with E-state index in [0.717, 1.165) is 41.2 Å². The van der Waals surface area contributed by atoms with Gasteiger partial charge in [0.05, 0.1) is 4.88 Å². The molecule has 0 aliphatic carbocycles. The normalized spacial score (nSPS) is 14.2. The van der Waals surface area contributed by atoms with Gasteiger partial charge in [0.2, 0.25) is 5.91 Å². The van der Waals surface area contributed by atoms with Gasteiger partial charge >= 0.3 is 0 Å². The van der Waals surface area contributed by atoms with Crippen LogP contribution in [0.5, 0.6) is 0 Å². The smallest absolute Gasteiger partial charge is 0.268 e. The van der Waals surface area contributed by atoms with Crippen molar-refractivity contribution >= 4 is 34.5 Å². The number of rotatable bonds is 2. The second-order valence-corrected chi connectivity index (χ2v) is 8.03. The molecule has 0 spiro atoms. The number of hydrogen-bond donors (Lipinski definition) is 1. The molecule has 0 saturated heterocycles. The zero-order chi connectivity index (χ0) is 17.3. The number of nitrogens with zero attached hydrogens (tertiary/aromatic N) is 1. The second kappa shape index (κ2) is 6.40. The second-order valence-electron chi connectivity index (χ2n) is 7.09. The van der Waals surface area contributed by atoms with Crippen LogP contribution in [-0.2, 0) is 11.2 Å². The fraction of sp³-hybridized carbons (Fsp3) is 0.368. The van der Waals surface area contributed by atoms with Crippen molar-refractivity contribution < 1.29 is 9.59 Å². The Kier molecular flexibility index (Phi) is 4.45. The third-order valence-electron chi connectivity index (χ3n) is 4.11. The highest BCUT2D eigenvalue weighted by Crippen LogP contribution is 2.32. The van der Waals surface area contributed by atoms with Crippen LogP contribution in [0.2, 0.25) is 0 Å². The molecule has 1 aromatic heterocycles. The van der Waals surface area contributed by atoms with Crippen molar-refractivity contribution in [3.05, 3.63) is 46.2 Å². The van der Waals surface area contributed by atoms with E-state index in [1.54, 1.807) is 0 Å². The third kappa shape index (κ3) is 3.36. The predicted molar refractivity (Wildman–Crippen MR) is 98.8 cm³/mol. The van der Waals surface area contributed by atoms with E-state index in [2.05, 4.69) is 5.32 Å². The van der Waals surface area contributed by atoms with E-state index in [1.165, 1.54) is 11.3 Å². The summed E-state index contributed by atoms with van der Waals surface area (Å²) < 4.78 is 0. The Bertz CT molecular complexity index is 760. The van der Waals surface area contributed by atoms with Crippen LogP contribution in [0.25, 0.3) is 0 Å². The molecular formula is C19H22N2O2S. The summed E-state index contributed by atoms with van der Waals surface area (Å²) in [4.78, 5) is 27.4. The summed E-state index contributed by atoms with van der Waals surface area (Å²) in [5.74, 6) is 0.0437. The molecule has 3 rings (SSSR count). The molecule has 1 aromatic carbocycles. The van der Waals surface area contributed by atoms with Crippen molar-refractivity contribution in [3.8, 4) is 0 Å². The van der Waals surface area contributed by atoms with Gasteiger partial charge in [-0.25, -0.2) is 0 Å². The number of nitrogens with one attached hydrogen (secondary N) is 1. The maximum Gasteiger partial charge on any atom is 0.268 e. The summed E-state index contributed by atoms with van der Waals surface area (Å²) >= 11 is 1.47. The Morgan fingerprint density at radius 2 is 2.00 bits per heavy atom. The fourth-order valence-corrected chi connectivity index (χ4v) is 3.41. The van der Waals surface area contributed by atoms with E-state index in [4.69, 9.17) is 0 Å². The highest BCUT2D eigenvalue weighted by atomic mass is 32.1. The number of benzene rings is 1. The van der Waals surface area contributed by atoms with Crippen LogP contribution in [-0.4, -0.2) is 18.4 Å². The Balaban J connectivity index is 1.85. The van der Waals surface area contributed by atoms with Gasteiger partial charge in [0.1, 0.15) is 0 Å². The fourth-order valence-electron chi connectivity index (χ4n) is 2.74. The molecule has 24 heavy (non-hydrogen) atoms. The summed E-state index contributed by atoms with van der Waals surface area (Å²) in [6, 6.07) is 9.57. The largest absolute Gasteiger partial charge is 0.326 e. The number of amides is 2. The van der Waals surface area contributed by atoms with Crippen molar-refractivity contribution in [3.63, 3.8) is 0 Å². The summed E-state index contributed by atoms with van der Waals surface area (Å²) in [5, 5.41) is 4.88. The zero-order valence-corrected chi connectivity index (χ0v) is 15.1. The topological polar surface area (TPSA) is 49.4 Å². The van der Waals surface area contributed by atoms with Crippen molar-refractivity contribution in [2.45, 2.75) is 33.6 Å². The number of anilines is 2. The Labute approximate surface area is 146 Å². The van der Waals surface area contributed by atoms with E-state index in [1.807, 2.05) is 61.4 Å². The standard InChI is InChI=1S/C19H22N2O2S/c1-19(2,3)18(23)20-14-8-9-15-13(12-14)6-4-10-21(15)17(22)16-7-5-11-24-16/h5,7-9,11-12H,4,6,10H2,1-3H3,(H,20,23). The minimum atomic E-state index is -0.433. The predicted octanol–water partition coefficient (Wildman–Crippen LogP) is 4.33.